The van der Waals surface area contributed by atoms with E-state index in [0.717, 1.165) is 12.1 Å². The second-order valence-electron chi connectivity index (χ2n) is 5.99. The lowest BCUT2D eigenvalue weighted by molar-refractivity contribution is -0.137. The number of amidine groups is 2. The Kier molecular flexibility index (Phi) is 6.79. The van der Waals surface area contributed by atoms with E-state index in [-0.39, 0.29) is 27.4 Å². The number of aliphatic imine (C=N–C) groups is 2. The summed E-state index contributed by atoms with van der Waals surface area (Å²) in [6, 6.07) is 5.26. The van der Waals surface area contributed by atoms with Crippen molar-refractivity contribution < 1.29 is 32.0 Å². The molecule has 1 aliphatic heterocycles. The van der Waals surface area contributed by atoms with Crippen LogP contribution in [0.15, 0.2) is 51.0 Å². The van der Waals surface area contributed by atoms with Crippen LogP contribution in [0.25, 0.3) is 0 Å². The zero-order valence-corrected chi connectivity index (χ0v) is 17.2. The number of carbonyl (C=O) groups excluding carboxylic acids is 3. The van der Waals surface area contributed by atoms with Crippen molar-refractivity contribution in [2.75, 3.05) is 11.1 Å². The number of nitrogens with one attached hydrogen (secondary N) is 3. The number of rotatable bonds is 4. The first-order chi connectivity index (χ1) is 15.0. The molecule has 14 heteroatoms. The summed E-state index contributed by atoms with van der Waals surface area (Å²) < 4.78 is 43.3. The maximum Gasteiger partial charge on any atom is 0.416 e. The largest absolute Gasteiger partial charge is 0.459 e. The highest BCUT2D eigenvalue weighted by atomic mass is 35.5. The smallest absolute Gasteiger partial charge is 0.416 e. The molecule has 0 spiro atoms. The first-order valence-electron chi connectivity index (χ1n) is 8.49. The van der Waals surface area contributed by atoms with Gasteiger partial charge in [0.05, 0.1) is 28.3 Å². The van der Waals surface area contributed by atoms with Crippen molar-refractivity contribution >= 4 is 63.5 Å². The molecule has 32 heavy (non-hydrogen) atoms. The number of hydrogen-bond donors (Lipinski definition) is 3. The third-order valence-corrected chi connectivity index (χ3v) is 4.93. The van der Waals surface area contributed by atoms with Crippen LogP contribution >= 0.6 is 23.4 Å². The minimum absolute atomic E-state index is 0.0940. The molecular formula is C18H11ClF3N5O4S. The van der Waals surface area contributed by atoms with Gasteiger partial charge in [0.1, 0.15) is 0 Å². The molecular weight excluding hydrogens is 475 g/mol. The second kappa shape index (κ2) is 9.36. The third kappa shape index (κ3) is 5.62. The molecule has 0 radical (unpaired) electrons. The van der Waals surface area contributed by atoms with Crippen molar-refractivity contribution in [1.29, 1.82) is 5.41 Å². The number of alkyl halides is 3. The Morgan fingerprint density at radius 2 is 2.06 bits per heavy atom. The van der Waals surface area contributed by atoms with Crippen LogP contribution in [0.5, 0.6) is 0 Å². The number of nitrogens with zero attached hydrogens (tertiary/aromatic N) is 2. The van der Waals surface area contributed by atoms with Gasteiger partial charge < -0.3 is 9.73 Å². The fourth-order valence-corrected chi connectivity index (χ4v) is 3.12. The van der Waals surface area contributed by atoms with Gasteiger partial charge in [0.15, 0.2) is 22.5 Å². The number of benzene rings is 1. The van der Waals surface area contributed by atoms with E-state index in [1.54, 1.807) is 0 Å². The Morgan fingerprint density at radius 1 is 1.31 bits per heavy atom. The molecule has 2 heterocycles. The molecule has 9 nitrogen and oxygen atoms in total. The average Bonchev–Trinajstić information content (AvgIpc) is 3.25. The van der Waals surface area contributed by atoms with Gasteiger partial charge in [-0.2, -0.15) is 18.2 Å². The highest BCUT2D eigenvalue weighted by Gasteiger charge is 2.31. The van der Waals surface area contributed by atoms with Crippen LogP contribution in [0.1, 0.15) is 16.1 Å². The lowest BCUT2D eigenvalue weighted by atomic mass is 10.2. The molecule has 0 bridgehead atoms. The highest BCUT2D eigenvalue weighted by molar-refractivity contribution is 8.14. The molecule has 0 saturated heterocycles. The number of hydrogen-bond acceptors (Lipinski definition) is 6. The number of thioether (sulfide) groups is 1. The minimum Gasteiger partial charge on any atom is -0.459 e. The standard InChI is InChI=1S/C18H11ClF3N5O4S/c19-9-4-3-8(18(20,21)22)6-10(9)24-12(28)7-32-17-26-14(23)13(16(30)27-17)25-15(29)11-2-1-5-31-11/h1-6H,7H2,(H,24,28)(H2,23,26,27,30). The maximum absolute atomic E-state index is 12.8. The Bertz CT molecular complexity index is 1160. The minimum atomic E-state index is -4.61. The van der Waals surface area contributed by atoms with Crippen molar-refractivity contribution in [1.82, 2.24) is 5.32 Å². The molecule has 0 fully saturated rings. The first-order valence-corrected chi connectivity index (χ1v) is 9.86. The van der Waals surface area contributed by atoms with Crippen LogP contribution in [-0.2, 0) is 15.8 Å². The van der Waals surface area contributed by atoms with Gasteiger partial charge in [-0.05, 0) is 30.3 Å². The van der Waals surface area contributed by atoms with Gasteiger partial charge in [0.2, 0.25) is 5.91 Å². The zero-order chi connectivity index (χ0) is 23.5. The summed E-state index contributed by atoms with van der Waals surface area (Å²) in [4.78, 5) is 43.4. The van der Waals surface area contributed by atoms with Crippen molar-refractivity contribution in [3.05, 3.63) is 52.9 Å². The third-order valence-electron chi connectivity index (χ3n) is 3.73. The van der Waals surface area contributed by atoms with E-state index in [1.807, 2.05) is 0 Å². The summed E-state index contributed by atoms with van der Waals surface area (Å²) in [7, 11) is 0. The Labute approximate surface area is 186 Å². The van der Waals surface area contributed by atoms with Gasteiger partial charge in [-0.3, -0.25) is 25.1 Å². The van der Waals surface area contributed by atoms with Crippen molar-refractivity contribution in [3.63, 3.8) is 0 Å². The molecule has 0 unspecified atom stereocenters. The van der Waals surface area contributed by atoms with E-state index in [0.29, 0.717) is 17.8 Å². The Hall–Kier alpha value is -3.45. The molecule has 166 valence electrons. The number of amides is 3. The van der Waals surface area contributed by atoms with Crippen LogP contribution in [0, 0.1) is 5.41 Å². The average molecular weight is 486 g/mol. The molecule has 0 aliphatic carbocycles. The predicted molar refractivity (Wildman–Crippen MR) is 111 cm³/mol. The fourth-order valence-electron chi connectivity index (χ4n) is 2.29. The van der Waals surface area contributed by atoms with Crippen LogP contribution < -0.4 is 10.6 Å². The van der Waals surface area contributed by atoms with Crippen LogP contribution in [-0.4, -0.2) is 40.2 Å². The predicted octanol–water partition coefficient (Wildman–Crippen LogP) is 3.37. The van der Waals surface area contributed by atoms with E-state index in [1.165, 1.54) is 18.4 Å². The first kappa shape index (κ1) is 23.2. The summed E-state index contributed by atoms with van der Waals surface area (Å²) in [5, 5.41) is 12.1. The molecule has 1 aromatic carbocycles. The summed E-state index contributed by atoms with van der Waals surface area (Å²) in [6.07, 6.45) is -3.37. The molecule has 1 aromatic heterocycles. The van der Waals surface area contributed by atoms with E-state index in [9.17, 15) is 27.6 Å². The van der Waals surface area contributed by atoms with Gasteiger partial charge in [0.25, 0.3) is 5.91 Å². The normalized spacial score (nSPS) is 15.4. The van der Waals surface area contributed by atoms with Crippen molar-refractivity contribution in [2.45, 2.75) is 6.18 Å². The van der Waals surface area contributed by atoms with Crippen molar-refractivity contribution in [2.24, 2.45) is 9.98 Å². The molecule has 1 aliphatic rings. The van der Waals surface area contributed by atoms with E-state index < -0.39 is 41.0 Å². The molecule has 0 atom stereocenters. The SMILES string of the molecule is N=C1N=C(SCC(=O)Nc2cc(C(F)(F)F)ccc2Cl)NC(=O)C1=NC(=O)c1ccco1. The summed E-state index contributed by atoms with van der Waals surface area (Å²) >= 11 is 6.53. The van der Waals surface area contributed by atoms with Crippen molar-refractivity contribution in [3.8, 4) is 0 Å². The fraction of sp³-hybridized carbons (Fsp3) is 0.111. The van der Waals surface area contributed by atoms with Gasteiger partial charge in [-0.1, -0.05) is 23.4 Å². The monoisotopic (exact) mass is 485 g/mol. The Balaban J connectivity index is 1.63. The van der Waals surface area contributed by atoms with Gasteiger partial charge in [-0.15, -0.1) is 0 Å². The summed E-state index contributed by atoms with van der Waals surface area (Å²) in [5.74, 6) is -3.62. The van der Waals surface area contributed by atoms with Crippen LogP contribution in [0.2, 0.25) is 5.02 Å². The van der Waals surface area contributed by atoms with Gasteiger partial charge >= 0.3 is 12.1 Å². The molecule has 0 saturated carbocycles. The van der Waals surface area contributed by atoms with E-state index in [4.69, 9.17) is 21.4 Å². The van der Waals surface area contributed by atoms with Crippen LogP contribution in [0.4, 0.5) is 18.9 Å². The van der Waals surface area contributed by atoms with E-state index >= 15 is 0 Å². The second-order valence-corrected chi connectivity index (χ2v) is 7.36. The zero-order valence-electron chi connectivity index (χ0n) is 15.6. The molecule has 3 N–H and O–H groups in total. The lowest BCUT2D eigenvalue weighted by Crippen LogP contribution is -2.43. The van der Waals surface area contributed by atoms with Gasteiger partial charge in [-0.25, -0.2) is 4.99 Å². The van der Waals surface area contributed by atoms with E-state index in [2.05, 4.69) is 20.6 Å². The molecule has 3 amide bonds. The number of halogens is 4. The molecule has 2 aromatic rings. The lowest BCUT2D eigenvalue weighted by Gasteiger charge is -2.15. The summed E-state index contributed by atoms with van der Waals surface area (Å²) in [5.41, 5.74) is -1.77. The molecule has 3 rings (SSSR count). The number of anilines is 1. The number of carbonyl (C=O) groups is 3. The Morgan fingerprint density at radius 3 is 2.69 bits per heavy atom. The topological polar surface area (TPSA) is 137 Å². The number of furan rings is 1. The van der Waals surface area contributed by atoms with Gasteiger partial charge in [0, 0.05) is 0 Å². The maximum atomic E-state index is 12.8. The summed E-state index contributed by atoms with van der Waals surface area (Å²) in [6.45, 7) is 0. The van der Waals surface area contributed by atoms with Crippen LogP contribution in [0.3, 0.4) is 0 Å². The highest BCUT2D eigenvalue weighted by Crippen LogP contribution is 2.33. The quantitative estimate of drug-likeness (QED) is 0.609.